The Morgan fingerprint density at radius 2 is 1.82 bits per heavy atom. The predicted molar refractivity (Wildman–Crippen MR) is 49.2 cm³/mol. The number of halogens is 4. The van der Waals surface area contributed by atoms with Gasteiger partial charge in [-0.1, -0.05) is 0 Å². The average Bonchev–Trinajstić information content (AvgIpc) is 2.31. The first-order valence-corrected chi connectivity index (χ1v) is 4.97. The Kier molecular flexibility index (Phi) is 3.15. The van der Waals surface area contributed by atoms with Crippen LogP contribution in [0, 0.1) is 23.3 Å². The summed E-state index contributed by atoms with van der Waals surface area (Å²) in [4.78, 5) is 11.1. The molecule has 2 rings (SSSR count). The van der Waals surface area contributed by atoms with E-state index in [0.717, 1.165) is 0 Å². The largest absolute Gasteiger partial charge is 0.372 e. The van der Waals surface area contributed by atoms with E-state index in [-0.39, 0.29) is 25.2 Å². The van der Waals surface area contributed by atoms with Crippen LogP contribution in [-0.2, 0) is 9.53 Å². The fourth-order valence-corrected chi connectivity index (χ4v) is 1.71. The molecule has 1 aliphatic rings. The molecule has 1 saturated heterocycles. The molecular weight excluding hydrogens is 240 g/mol. The smallest absolute Gasteiger partial charge is 0.197 e. The zero-order valence-electron chi connectivity index (χ0n) is 8.60. The Morgan fingerprint density at radius 3 is 2.47 bits per heavy atom. The van der Waals surface area contributed by atoms with Crippen molar-refractivity contribution in [2.24, 2.45) is 0 Å². The van der Waals surface area contributed by atoms with E-state index in [1.54, 1.807) is 0 Å². The van der Waals surface area contributed by atoms with Crippen molar-refractivity contribution in [2.75, 3.05) is 6.61 Å². The molecule has 17 heavy (non-hydrogen) atoms. The molecule has 2 nitrogen and oxygen atoms in total. The maximum absolute atomic E-state index is 13.4. The van der Waals surface area contributed by atoms with Crippen LogP contribution in [0.1, 0.15) is 24.5 Å². The number of hydrogen-bond acceptors (Lipinski definition) is 2. The molecule has 0 saturated carbocycles. The molecule has 1 atom stereocenters. The summed E-state index contributed by atoms with van der Waals surface area (Å²) < 4.78 is 57.1. The van der Waals surface area contributed by atoms with Crippen molar-refractivity contribution in [2.45, 2.75) is 18.9 Å². The lowest BCUT2D eigenvalue weighted by molar-refractivity contribution is -0.128. The quantitative estimate of drug-likeness (QED) is 0.434. The number of benzene rings is 1. The van der Waals surface area contributed by atoms with E-state index in [9.17, 15) is 22.4 Å². The summed E-state index contributed by atoms with van der Waals surface area (Å²) in [7, 11) is 0. The Morgan fingerprint density at radius 1 is 1.12 bits per heavy atom. The third-order valence-electron chi connectivity index (χ3n) is 2.59. The van der Waals surface area contributed by atoms with Gasteiger partial charge in [0.2, 0.25) is 0 Å². The highest BCUT2D eigenvalue weighted by Crippen LogP contribution is 2.30. The van der Waals surface area contributed by atoms with Crippen LogP contribution in [0.2, 0.25) is 0 Å². The Bertz CT molecular complexity index is 473. The standard InChI is InChI=1S/C11H8F4O2/c12-7-4-6(9(13)11(15)10(7)14)8-3-5(16)1-2-17-8/h4,8H,1-3H2. The van der Waals surface area contributed by atoms with Crippen LogP contribution < -0.4 is 0 Å². The van der Waals surface area contributed by atoms with Crippen molar-refractivity contribution in [3.8, 4) is 0 Å². The molecule has 0 spiro atoms. The van der Waals surface area contributed by atoms with Gasteiger partial charge in [0.05, 0.1) is 12.7 Å². The van der Waals surface area contributed by atoms with Gasteiger partial charge in [0.15, 0.2) is 23.3 Å². The molecule has 0 bridgehead atoms. The molecule has 0 radical (unpaired) electrons. The lowest BCUT2D eigenvalue weighted by Gasteiger charge is -2.22. The zero-order valence-corrected chi connectivity index (χ0v) is 8.60. The summed E-state index contributed by atoms with van der Waals surface area (Å²) in [6, 6.07) is 0.525. The summed E-state index contributed by atoms with van der Waals surface area (Å²) in [5.74, 6) is -6.95. The highest BCUT2D eigenvalue weighted by molar-refractivity contribution is 5.79. The molecule has 1 aromatic carbocycles. The predicted octanol–water partition coefficient (Wildman–Crippen LogP) is 2.66. The second kappa shape index (κ2) is 4.44. The lowest BCUT2D eigenvalue weighted by Crippen LogP contribution is -2.21. The number of Topliss-reactive ketones (excluding diaryl/α,β-unsaturated/α-hetero) is 1. The Labute approximate surface area is 94.2 Å². The van der Waals surface area contributed by atoms with E-state index < -0.39 is 34.9 Å². The van der Waals surface area contributed by atoms with Gasteiger partial charge in [-0.2, -0.15) is 0 Å². The molecule has 0 aliphatic carbocycles. The second-order valence-electron chi connectivity index (χ2n) is 3.74. The van der Waals surface area contributed by atoms with Gasteiger partial charge in [0.25, 0.3) is 0 Å². The van der Waals surface area contributed by atoms with Crippen molar-refractivity contribution in [1.29, 1.82) is 0 Å². The summed E-state index contributed by atoms with van der Waals surface area (Å²) in [6.07, 6.45) is -1.04. The molecule has 0 N–H and O–H groups in total. The van der Waals surface area contributed by atoms with Gasteiger partial charge in [0.1, 0.15) is 5.78 Å². The SMILES string of the molecule is O=C1CCOC(c2cc(F)c(F)c(F)c2F)C1. The van der Waals surface area contributed by atoms with Crippen LogP contribution in [-0.4, -0.2) is 12.4 Å². The summed E-state index contributed by atoms with van der Waals surface area (Å²) >= 11 is 0. The third kappa shape index (κ3) is 2.17. The maximum atomic E-state index is 13.4. The molecule has 1 fully saturated rings. The summed E-state index contributed by atoms with van der Waals surface area (Å²) in [6.45, 7) is 0.0591. The van der Waals surface area contributed by atoms with Gasteiger partial charge >= 0.3 is 0 Å². The molecule has 1 aliphatic heterocycles. The summed E-state index contributed by atoms with van der Waals surface area (Å²) in [5, 5.41) is 0. The van der Waals surface area contributed by atoms with Gasteiger partial charge in [-0.05, 0) is 6.07 Å². The minimum Gasteiger partial charge on any atom is -0.372 e. The topological polar surface area (TPSA) is 26.3 Å². The summed E-state index contributed by atoms with van der Waals surface area (Å²) in [5.41, 5.74) is -0.463. The zero-order chi connectivity index (χ0) is 12.6. The number of rotatable bonds is 1. The molecule has 0 aromatic heterocycles. The molecule has 1 aromatic rings. The highest BCUT2D eigenvalue weighted by atomic mass is 19.2. The lowest BCUT2D eigenvalue weighted by atomic mass is 9.99. The van der Waals surface area contributed by atoms with E-state index in [1.165, 1.54) is 0 Å². The van der Waals surface area contributed by atoms with Crippen LogP contribution in [0.3, 0.4) is 0 Å². The van der Waals surface area contributed by atoms with Crippen LogP contribution >= 0.6 is 0 Å². The van der Waals surface area contributed by atoms with Crippen LogP contribution in [0.15, 0.2) is 6.07 Å². The van der Waals surface area contributed by atoms with Crippen molar-refractivity contribution in [3.63, 3.8) is 0 Å². The van der Waals surface area contributed by atoms with E-state index in [0.29, 0.717) is 6.07 Å². The van der Waals surface area contributed by atoms with Crippen LogP contribution in [0.4, 0.5) is 17.6 Å². The highest BCUT2D eigenvalue weighted by Gasteiger charge is 2.28. The first-order valence-electron chi connectivity index (χ1n) is 4.97. The molecular formula is C11H8F4O2. The monoisotopic (exact) mass is 248 g/mol. The third-order valence-corrected chi connectivity index (χ3v) is 2.59. The number of carbonyl (C=O) groups is 1. The minimum absolute atomic E-state index is 0.0591. The molecule has 6 heteroatoms. The van der Waals surface area contributed by atoms with Crippen LogP contribution in [0.25, 0.3) is 0 Å². The van der Waals surface area contributed by atoms with Crippen molar-refractivity contribution in [1.82, 2.24) is 0 Å². The van der Waals surface area contributed by atoms with Gasteiger partial charge < -0.3 is 4.74 Å². The molecule has 92 valence electrons. The Hall–Kier alpha value is -1.43. The number of ketones is 1. The first kappa shape index (κ1) is 12.0. The van der Waals surface area contributed by atoms with E-state index in [1.807, 2.05) is 0 Å². The fourth-order valence-electron chi connectivity index (χ4n) is 1.71. The normalized spacial score (nSPS) is 20.7. The number of ether oxygens (including phenoxy) is 1. The second-order valence-corrected chi connectivity index (χ2v) is 3.74. The number of hydrogen-bond donors (Lipinski definition) is 0. The van der Waals surface area contributed by atoms with Gasteiger partial charge in [-0.15, -0.1) is 0 Å². The van der Waals surface area contributed by atoms with Crippen molar-refractivity contribution in [3.05, 3.63) is 34.9 Å². The van der Waals surface area contributed by atoms with Gasteiger partial charge in [-0.3, -0.25) is 4.79 Å². The molecule has 1 unspecified atom stereocenters. The molecule has 1 heterocycles. The van der Waals surface area contributed by atoms with E-state index in [2.05, 4.69) is 0 Å². The van der Waals surface area contributed by atoms with E-state index >= 15 is 0 Å². The van der Waals surface area contributed by atoms with Crippen molar-refractivity contribution >= 4 is 5.78 Å². The average molecular weight is 248 g/mol. The fraction of sp³-hybridized carbons (Fsp3) is 0.364. The number of carbonyl (C=O) groups excluding carboxylic acids is 1. The van der Waals surface area contributed by atoms with Gasteiger partial charge in [0, 0.05) is 18.4 Å². The first-order chi connectivity index (χ1) is 8.00. The maximum Gasteiger partial charge on any atom is 0.197 e. The Balaban J connectivity index is 2.41. The minimum atomic E-state index is -1.89. The molecule has 0 amide bonds. The van der Waals surface area contributed by atoms with Crippen LogP contribution in [0.5, 0.6) is 0 Å². The van der Waals surface area contributed by atoms with Gasteiger partial charge in [-0.25, -0.2) is 17.6 Å². The van der Waals surface area contributed by atoms with E-state index in [4.69, 9.17) is 4.74 Å². The van der Waals surface area contributed by atoms with Crippen molar-refractivity contribution < 1.29 is 27.1 Å².